The van der Waals surface area contributed by atoms with E-state index in [0.29, 0.717) is 12.2 Å². The van der Waals surface area contributed by atoms with Crippen LogP contribution in [0.25, 0.3) is 0 Å². The second-order valence-electron chi connectivity index (χ2n) is 4.98. The maximum absolute atomic E-state index is 12.4. The predicted molar refractivity (Wildman–Crippen MR) is 71.6 cm³/mol. The number of nitrogens with zero attached hydrogens (tertiary/aromatic N) is 1. The molecule has 0 radical (unpaired) electrons. The van der Waals surface area contributed by atoms with Gasteiger partial charge in [-0.3, -0.25) is 9.69 Å². The zero-order chi connectivity index (χ0) is 12.3. The van der Waals surface area contributed by atoms with Gasteiger partial charge in [0.15, 0.2) is 5.78 Å². The van der Waals surface area contributed by atoms with E-state index in [2.05, 4.69) is 10.2 Å². The van der Waals surface area contributed by atoms with E-state index in [4.69, 9.17) is 0 Å². The number of nitrogens with one attached hydrogen (secondary N) is 1. The van der Waals surface area contributed by atoms with E-state index in [9.17, 15) is 4.79 Å². The predicted octanol–water partition coefficient (Wildman–Crippen LogP) is 1.54. The average molecular weight is 252 g/mol. The van der Waals surface area contributed by atoms with Crippen molar-refractivity contribution < 1.29 is 4.79 Å². The van der Waals surface area contributed by atoms with Crippen LogP contribution in [-0.4, -0.2) is 42.4 Å². The molecule has 1 aliphatic heterocycles. The third kappa shape index (κ3) is 2.94. The van der Waals surface area contributed by atoms with E-state index in [1.54, 1.807) is 11.3 Å². The van der Waals surface area contributed by atoms with Gasteiger partial charge >= 0.3 is 0 Å². The van der Waals surface area contributed by atoms with Gasteiger partial charge in [-0.15, -0.1) is 11.3 Å². The Hall–Kier alpha value is -0.710. The van der Waals surface area contributed by atoms with Gasteiger partial charge in [0.05, 0.1) is 5.54 Å². The molecule has 0 bridgehead atoms. The number of rotatable bonds is 4. The van der Waals surface area contributed by atoms with Crippen molar-refractivity contribution in [3.8, 4) is 0 Å². The maximum atomic E-state index is 12.4. The third-order valence-corrected chi connectivity index (χ3v) is 4.38. The van der Waals surface area contributed by atoms with Crippen molar-refractivity contribution in [2.75, 3.05) is 26.2 Å². The summed E-state index contributed by atoms with van der Waals surface area (Å²) in [6.07, 6.45) is 0.564. The second-order valence-corrected chi connectivity index (χ2v) is 6.01. The number of carbonyl (C=O) groups is 1. The van der Waals surface area contributed by atoms with Crippen molar-refractivity contribution in [3.05, 3.63) is 22.4 Å². The second kappa shape index (κ2) is 5.29. The summed E-state index contributed by atoms with van der Waals surface area (Å²) >= 11 is 1.66. The molecule has 1 saturated heterocycles. The van der Waals surface area contributed by atoms with Gasteiger partial charge in [0.25, 0.3) is 0 Å². The van der Waals surface area contributed by atoms with Crippen LogP contribution in [0, 0.1) is 0 Å². The Balaban J connectivity index is 2.00. The molecule has 0 saturated carbocycles. The van der Waals surface area contributed by atoms with Crippen LogP contribution in [0.15, 0.2) is 17.5 Å². The molecule has 17 heavy (non-hydrogen) atoms. The highest BCUT2D eigenvalue weighted by Gasteiger charge is 2.34. The SMILES string of the molecule is CC(C)(C(=O)Cc1cccs1)N1CCNCC1. The lowest BCUT2D eigenvalue weighted by Gasteiger charge is -2.40. The van der Waals surface area contributed by atoms with Gasteiger partial charge in [-0.05, 0) is 25.3 Å². The van der Waals surface area contributed by atoms with E-state index in [1.807, 2.05) is 31.4 Å². The first kappa shape index (κ1) is 12.7. The number of hydrogen-bond donors (Lipinski definition) is 1. The summed E-state index contributed by atoms with van der Waals surface area (Å²) < 4.78 is 0. The molecule has 4 heteroatoms. The summed E-state index contributed by atoms with van der Waals surface area (Å²) in [5.74, 6) is 0.321. The van der Waals surface area contributed by atoms with Crippen molar-refractivity contribution in [1.29, 1.82) is 0 Å². The largest absolute Gasteiger partial charge is 0.314 e. The monoisotopic (exact) mass is 252 g/mol. The Bertz CT molecular complexity index is 367. The normalized spacial score (nSPS) is 18.2. The standard InChI is InChI=1S/C13H20N2OS/c1-13(2,15-7-5-14-6-8-15)12(16)10-11-4-3-9-17-11/h3-4,9,14H,5-8,10H2,1-2H3. The molecule has 2 rings (SSSR count). The van der Waals surface area contributed by atoms with E-state index in [0.717, 1.165) is 26.2 Å². The van der Waals surface area contributed by atoms with Gasteiger partial charge in [0.2, 0.25) is 0 Å². The van der Waals surface area contributed by atoms with Crippen LogP contribution in [-0.2, 0) is 11.2 Å². The molecule has 1 fully saturated rings. The molecule has 1 aromatic heterocycles. The molecule has 3 nitrogen and oxygen atoms in total. The van der Waals surface area contributed by atoms with E-state index in [1.165, 1.54) is 4.88 Å². The topological polar surface area (TPSA) is 32.3 Å². The fraction of sp³-hybridized carbons (Fsp3) is 0.615. The third-order valence-electron chi connectivity index (χ3n) is 3.50. The Morgan fingerprint density at radius 1 is 1.47 bits per heavy atom. The van der Waals surface area contributed by atoms with E-state index >= 15 is 0 Å². The zero-order valence-corrected chi connectivity index (χ0v) is 11.3. The van der Waals surface area contributed by atoms with Crippen molar-refractivity contribution in [1.82, 2.24) is 10.2 Å². The first-order chi connectivity index (χ1) is 8.10. The van der Waals surface area contributed by atoms with Crippen LogP contribution in [0.2, 0.25) is 0 Å². The molecule has 1 aromatic rings. The van der Waals surface area contributed by atoms with Crippen LogP contribution in [0.4, 0.5) is 0 Å². The molecule has 1 N–H and O–H groups in total. The minimum Gasteiger partial charge on any atom is -0.314 e. The molecule has 0 aromatic carbocycles. The minimum atomic E-state index is -0.341. The summed E-state index contributed by atoms with van der Waals surface area (Å²) in [5.41, 5.74) is -0.341. The number of piperazine rings is 1. The summed E-state index contributed by atoms with van der Waals surface area (Å²) in [6.45, 7) is 7.99. The molecule has 0 spiro atoms. The number of carbonyl (C=O) groups excluding carboxylic acids is 1. The summed E-state index contributed by atoms with van der Waals surface area (Å²) in [6, 6.07) is 4.04. The highest BCUT2D eigenvalue weighted by atomic mass is 32.1. The summed E-state index contributed by atoms with van der Waals surface area (Å²) in [7, 11) is 0. The van der Waals surface area contributed by atoms with Gasteiger partial charge in [0, 0.05) is 37.5 Å². The summed E-state index contributed by atoms with van der Waals surface area (Å²) in [5, 5.41) is 5.35. The Morgan fingerprint density at radius 3 is 2.76 bits per heavy atom. The molecule has 0 unspecified atom stereocenters. The van der Waals surface area contributed by atoms with E-state index < -0.39 is 0 Å². The highest BCUT2D eigenvalue weighted by Crippen LogP contribution is 2.20. The molecular weight excluding hydrogens is 232 g/mol. The fourth-order valence-corrected chi connectivity index (χ4v) is 2.89. The molecule has 0 atom stereocenters. The van der Waals surface area contributed by atoms with Crippen LogP contribution in [0.5, 0.6) is 0 Å². The first-order valence-electron chi connectivity index (χ1n) is 6.12. The van der Waals surface area contributed by atoms with Crippen LogP contribution in [0.3, 0.4) is 0 Å². The van der Waals surface area contributed by atoms with Gasteiger partial charge in [0.1, 0.15) is 0 Å². The lowest BCUT2D eigenvalue weighted by molar-refractivity contribution is -0.129. The fourth-order valence-electron chi connectivity index (χ4n) is 2.19. The van der Waals surface area contributed by atoms with Crippen LogP contribution < -0.4 is 5.32 Å². The van der Waals surface area contributed by atoms with Gasteiger partial charge in [-0.2, -0.15) is 0 Å². The molecule has 0 amide bonds. The molecule has 94 valence electrons. The Kier molecular flexibility index (Phi) is 3.97. The molecule has 0 aliphatic carbocycles. The average Bonchev–Trinajstić information content (AvgIpc) is 2.83. The van der Waals surface area contributed by atoms with Crippen molar-refractivity contribution >= 4 is 17.1 Å². The van der Waals surface area contributed by atoms with Gasteiger partial charge < -0.3 is 5.32 Å². The molecular formula is C13H20N2OS. The molecule has 1 aliphatic rings. The number of Topliss-reactive ketones (excluding diaryl/α,β-unsaturated/α-hetero) is 1. The van der Waals surface area contributed by atoms with Gasteiger partial charge in [-0.1, -0.05) is 6.07 Å². The smallest absolute Gasteiger partial charge is 0.157 e. The minimum absolute atomic E-state index is 0.321. The van der Waals surface area contributed by atoms with Crippen LogP contribution >= 0.6 is 11.3 Å². The lowest BCUT2D eigenvalue weighted by Crippen LogP contribution is -2.57. The molecule has 2 heterocycles. The maximum Gasteiger partial charge on any atom is 0.157 e. The zero-order valence-electron chi connectivity index (χ0n) is 10.5. The summed E-state index contributed by atoms with van der Waals surface area (Å²) in [4.78, 5) is 15.8. The number of ketones is 1. The van der Waals surface area contributed by atoms with Crippen molar-refractivity contribution in [3.63, 3.8) is 0 Å². The van der Waals surface area contributed by atoms with Gasteiger partial charge in [-0.25, -0.2) is 0 Å². The Labute approximate surface area is 107 Å². The van der Waals surface area contributed by atoms with Crippen molar-refractivity contribution in [2.45, 2.75) is 25.8 Å². The number of thiophene rings is 1. The van der Waals surface area contributed by atoms with E-state index in [-0.39, 0.29) is 5.54 Å². The quantitative estimate of drug-likeness (QED) is 0.882. The first-order valence-corrected chi connectivity index (χ1v) is 7.00. The highest BCUT2D eigenvalue weighted by molar-refractivity contribution is 7.10. The lowest BCUT2D eigenvalue weighted by atomic mass is 9.93. The number of hydrogen-bond acceptors (Lipinski definition) is 4. The van der Waals surface area contributed by atoms with Crippen LogP contribution in [0.1, 0.15) is 18.7 Å². The Morgan fingerprint density at radius 2 is 2.18 bits per heavy atom. The van der Waals surface area contributed by atoms with Crippen molar-refractivity contribution in [2.24, 2.45) is 0 Å².